The van der Waals surface area contributed by atoms with Crippen LogP contribution in [0.5, 0.6) is 5.75 Å². The molecular weight excluding hydrogens is 290 g/mol. The number of carbonyl (C=O) groups is 1. The lowest BCUT2D eigenvalue weighted by atomic mass is 10.1. The average Bonchev–Trinajstić information content (AvgIpc) is 2.48. The molecule has 0 aliphatic heterocycles. The predicted octanol–water partition coefficient (Wildman–Crippen LogP) is 2.73. The molecule has 0 aliphatic rings. The van der Waals surface area contributed by atoms with Crippen LogP contribution in [0.25, 0.3) is 0 Å². The van der Waals surface area contributed by atoms with Crippen molar-refractivity contribution in [3.8, 4) is 5.75 Å². The summed E-state index contributed by atoms with van der Waals surface area (Å²) in [6, 6.07) is 16.5. The average molecular weight is 313 g/mol. The highest BCUT2D eigenvalue weighted by Gasteiger charge is 2.23. The Hall–Kier alpha value is -2.33. The van der Waals surface area contributed by atoms with Crippen LogP contribution in [-0.2, 0) is 17.8 Å². The standard InChI is InChI=1S/C19H23NO3/c1-19(2,23)14-20(13-15-8-4-3-5-9-15)18(22)12-16-10-6-7-11-17(16)21/h3-11,21,23H,12-14H2,1-2H3. The van der Waals surface area contributed by atoms with Crippen LogP contribution in [-0.4, -0.2) is 33.2 Å². The summed E-state index contributed by atoms with van der Waals surface area (Å²) in [5.41, 5.74) is 0.608. The lowest BCUT2D eigenvalue weighted by Crippen LogP contribution is -2.42. The summed E-state index contributed by atoms with van der Waals surface area (Å²) in [4.78, 5) is 14.3. The van der Waals surface area contributed by atoms with E-state index in [0.29, 0.717) is 12.1 Å². The molecule has 0 fully saturated rings. The molecule has 2 rings (SSSR count). The Morgan fingerprint density at radius 3 is 2.26 bits per heavy atom. The number of rotatable bonds is 6. The molecule has 23 heavy (non-hydrogen) atoms. The molecule has 122 valence electrons. The van der Waals surface area contributed by atoms with Crippen LogP contribution in [0.4, 0.5) is 0 Å². The van der Waals surface area contributed by atoms with Gasteiger partial charge in [-0.25, -0.2) is 0 Å². The number of aromatic hydroxyl groups is 1. The molecule has 0 bridgehead atoms. The third kappa shape index (κ3) is 5.42. The molecule has 4 nitrogen and oxygen atoms in total. The lowest BCUT2D eigenvalue weighted by molar-refractivity contribution is -0.134. The van der Waals surface area contributed by atoms with Crippen molar-refractivity contribution in [2.24, 2.45) is 0 Å². The van der Waals surface area contributed by atoms with Crippen LogP contribution in [0.2, 0.25) is 0 Å². The van der Waals surface area contributed by atoms with E-state index in [4.69, 9.17) is 0 Å². The maximum atomic E-state index is 12.7. The van der Waals surface area contributed by atoms with E-state index in [2.05, 4.69) is 0 Å². The minimum Gasteiger partial charge on any atom is -0.508 e. The molecule has 2 N–H and O–H groups in total. The van der Waals surface area contributed by atoms with Crippen molar-refractivity contribution in [3.63, 3.8) is 0 Å². The molecule has 0 spiro atoms. The second kappa shape index (κ2) is 7.29. The first kappa shape index (κ1) is 17.0. The Morgan fingerprint density at radius 2 is 1.65 bits per heavy atom. The molecule has 0 heterocycles. The Balaban J connectivity index is 2.15. The van der Waals surface area contributed by atoms with Gasteiger partial charge >= 0.3 is 0 Å². The zero-order valence-corrected chi connectivity index (χ0v) is 13.6. The number of benzene rings is 2. The van der Waals surface area contributed by atoms with Gasteiger partial charge in [-0.05, 0) is 25.5 Å². The van der Waals surface area contributed by atoms with Gasteiger partial charge in [0.05, 0.1) is 12.0 Å². The molecule has 0 aromatic heterocycles. The Bertz CT molecular complexity index is 647. The zero-order chi connectivity index (χ0) is 16.9. The molecule has 0 saturated carbocycles. The van der Waals surface area contributed by atoms with Crippen molar-refractivity contribution in [2.45, 2.75) is 32.4 Å². The van der Waals surface area contributed by atoms with Gasteiger partial charge in [0, 0.05) is 18.7 Å². The van der Waals surface area contributed by atoms with Crippen LogP contribution in [0.15, 0.2) is 54.6 Å². The molecule has 0 aliphatic carbocycles. The first-order valence-electron chi connectivity index (χ1n) is 7.66. The number of aliphatic hydroxyl groups is 1. The van der Waals surface area contributed by atoms with Gasteiger partial charge in [-0.1, -0.05) is 48.5 Å². The highest BCUT2D eigenvalue weighted by molar-refractivity contribution is 5.79. The van der Waals surface area contributed by atoms with E-state index in [-0.39, 0.29) is 24.6 Å². The summed E-state index contributed by atoms with van der Waals surface area (Å²) >= 11 is 0. The highest BCUT2D eigenvalue weighted by atomic mass is 16.3. The smallest absolute Gasteiger partial charge is 0.227 e. The number of hydrogen-bond acceptors (Lipinski definition) is 3. The minimum absolute atomic E-state index is 0.107. The summed E-state index contributed by atoms with van der Waals surface area (Å²) in [6.45, 7) is 4.02. The number of para-hydroxylation sites is 1. The fourth-order valence-electron chi connectivity index (χ4n) is 2.44. The molecule has 2 aromatic carbocycles. The van der Waals surface area contributed by atoms with Crippen LogP contribution >= 0.6 is 0 Å². The molecule has 0 unspecified atom stereocenters. The molecule has 0 saturated heterocycles. The number of amides is 1. The molecule has 0 atom stereocenters. The van der Waals surface area contributed by atoms with Gasteiger partial charge in [-0.15, -0.1) is 0 Å². The van der Waals surface area contributed by atoms with E-state index in [1.54, 1.807) is 43.0 Å². The van der Waals surface area contributed by atoms with Gasteiger partial charge in [0.1, 0.15) is 5.75 Å². The Kier molecular flexibility index (Phi) is 5.40. The largest absolute Gasteiger partial charge is 0.508 e. The van der Waals surface area contributed by atoms with E-state index >= 15 is 0 Å². The van der Waals surface area contributed by atoms with E-state index in [9.17, 15) is 15.0 Å². The topological polar surface area (TPSA) is 60.8 Å². The number of hydrogen-bond donors (Lipinski definition) is 2. The summed E-state index contributed by atoms with van der Waals surface area (Å²) in [7, 11) is 0. The van der Waals surface area contributed by atoms with Gasteiger partial charge in [-0.2, -0.15) is 0 Å². The van der Waals surface area contributed by atoms with E-state index in [0.717, 1.165) is 5.56 Å². The van der Waals surface area contributed by atoms with E-state index in [1.165, 1.54) is 0 Å². The van der Waals surface area contributed by atoms with Gasteiger partial charge in [-0.3, -0.25) is 4.79 Å². The molecular formula is C19H23NO3. The molecule has 0 radical (unpaired) electrons. The maximum Gasteiger partial charge on any atom is 0.227 e. The number of carbonyl (C=O) groups excluding carboxylic acids is 1. The Morgan fingerprint density at radius 1 is 1.04 bits per heavy atom. The predicted molar refractivity (Wildman–Crippen MR) is 90.0 cm³/mol. The summed E-state index contributed by atoms with van der Waals surface area (Å²) in [5, 5.41) is 19.9. The maximum absolute atomic E-state index is 12.7. The zero-order valence-electron chi connectivity index (χ0n) is 13.6. The summed E-state index contributed by atoms with van der Waals surface area (Å²) in [6.07, 6.45) is 0.107. The van der Waals surface area contributed by atoms with Crippen molar-refractivity contribution in [2.75, 3.05) is 6.54 Å². The van der Waals surface area contributed by atoms with Gasteiger partial charge in [0.15, 0.2) is 0 Å². The van der Waals surface area contributed by atoms with Crippen LogP contribution < -0.4 is 0 Å². The van der Waals surface area contributed by atoms with Crippen molar-refractivity contribution in [1.82, 2.24) is 4.90 Å². The van der Waals surface area contributed by atoms with Gasteiger partial charge < -0.3 is 15.1 Å². The second-order valence-electron chi connectivity index (χ2n) is 6.35. The highest BCUT2D eigenvalue weighted by Crippen LogP contribution is 2.18. The van der Waals surface area contributed by atoms with Crippen LogP contribution in [0.3, 0.4) is 0 Å². The monoisotopic (exact) mass is 313 g/mol. The quantitative estimate of drug-likeness (QED) is 0.862. The van der Waals surface area contributed by atoms with Crippen LogP contribution in [0, 0.1) is 0 Å². The molecule has 4 heteroatoms. The number of phenolic OH excluding ortho intramolecular Hbond substituents is 1. The number of phenols is 1. The van der Waals surface area contributed by atoms with Crippen LogP contribution in [0.1, 0.15) is 25.0 Å². The summed E-state index contributed by atoms with van der Waals surface area (Å²) < 4.78 is 0. The number of nitrogens with zero attached hydrogens (tertiary/aromatic N) is 1. The fourth-order valence-corrected chi connectivity index (χ4v) is 2.44. The first-order valence-corrected chi connectivity index (χ1v) is 7.66. The lowest BCUT2D eigenvalue weighted by Gasteiger charge is -2.29. The van der Waals surface area contributed by atoms with Gasteiger partial charge in [0.25, 0.3) is 0 Å². The van der Waals surface area contributed by atoms with Crippen molar-refractivity contribution >= 4 is 5.91 Å². The molecule has 2 aromatic rings. The second-order valence-corrected chi connectivity index (χ2v) is 6.35. The minimum atomic E-state index is -0.983. The van der Waals surface area contributed by atoms with Crippen molar-refractivity contribution in [3.05, 3.63) is 65.7 Å². The Labute approximate surface area is 137 Å². The van der Waals surface area contributed by atoms with Gasteiger partial charge in [0.2, 0.25) is 5.91 Å². The fraction of sp³-hybridized carbons (Fsp3) is 0.316. The third-order valence-electron chi connectivity index (χ3n) is 3.48. The van der Waals surface area contributed by atoms with E-state index < -0.39 is 5.60 Å². The summed E-state index contributed by atoms with van der Waals surface area (Å²) in [5.74, 6) is -0.0127. The SMILES string of the molecule is CC(C)(O)CN(Cc1ccccc1)C(=O)Cc1ccccc1O. The molecule has 1 amide bonds. The van der Waals surface area contributed by atoms with Crippen molar-refractivity contribution < 1.29 is 15.0 Å². The van der Waals surface area contributed by atoms with E-state index in [1.807, 2.05) is 30.3 Å². The third-order valence-corrected chi connectivity index (χ3v) is 3.48. The first-order chi connectivity index (χ1) is 10.8. The normalized spacial score (nSPS) is 11.3. The van der Waals surface area contributed by atoms with Crippen molar-refractivity contribution in [1.29, 1.82) is 0 Å².